The van der Waals surface area contributed by atoms with Gasteiger partial charge in [0, 0.05) is 38.1 Å². The van der Waals surface area contributed by atoms with E-state index in [1.807, 2.05) is 11.9 Å². The monoisotopic (exact) mass is 325 g/mol. The van der Waals surface area contributed by atoms with Gasteiger partial charge in [-0.1, -0.05) is 0 Å². The highest BCUT2D eigenvalue weighted by Crippen LogP contribution is 2.21. The zero-order valence-electron chi connectivity index (χ0n) is 12.8. The molecule has 4 nitrogen and oxygen atoms in total. The lowest BCUT2D eigenvalue weighted by molar-refractivity contribution is -0.133. The minimum atomic E-state index is 0. The largest absolute Gasteiger partial charge is 0.343 e. The average molecular weight is 326 g/mol. The number of carbonyl (C=O) groups excluding carboxylic acids is 1. The summed E-state index contributed by atoms with van der Waals surface area (Å²) in [4.78, 5) is 16.6. The Morgan fingerprint density at radius 1 is 1.35 bits per heavy atom. The van der Waals surface area contributed by atoms with Crippen LogP contribution in [0.15, 0.2) is 0 Å². The summed E-state index contributed by atoms with van der Waals surface area (Å²) >= 11 is 0. The Hall–Kier alpha value is -0.0300. The van der Waals surface area contributed by atoms with Crippen molar-refractivity contribution in [2.75, 3.05) is 27.2 Å². The molecule has 0 aromatic carbocycles. The van der Waals surface area contributed by atoms with Crippen molar-refractivity contribution in [2.45, 2.75) is 57.2 Å². The molecule has 20 heavy (non-hydrogen) atoms. The number of hydrogen-bond acceptors (Lipinski definition) is 3. The third-order valence-electron chi connectivity index (χ3n) is 4.71. The summed E-state index contributed by atoms with van der Waals surface area (Å²) in [6.45, 7) is 4.43. The molecule has 0 spiro atoms. The predicted molar refractivity (Wildman–Crippen MR) is 88.0 cm³/mol. The summed E-state index contributed by atoms with van der Waals surface area (Å²) in [6, 6.07) is 1.44. The lowest BCUT2D eigenvalue weighted by Crippen LogP contribution is -2.48. The van der Waals surface area contributed by atoms with E-state index in [0.717, 1.165) is 32.4 Å². The number of hydrogen-bond donors (Lipinski definition) is 1. The van der Waals surface area contributed by atoms with Crippen LogP contribution in [-0.4, -0.2) is 61.0 Å². The second-order valence-corrected chi connectivity index (χ2v) is 6.01. The molecular formula is C14H29Cl2N3O. The topological polar surface area (TPSA) is 35.6 Å². The van der Waals surface area contributed by atoms with Gasteiger partial charge in [-0.15, -0.1) is 24.8 Å². The van der Waals surface area contributed by atoms with Crippen LogP contribution in [-0.2, 0) is 4.79 Å². The maximum Gasteiger partial charge on any atom is 0.224 e. The molecular weight excluding hydrogens is 297 g/mol. The second-order valence-electron chi connectivity index (χ2n) is 6.01. The Morgan fingerprint density at radius 2 is 2.05 bits per heavy atom. The lowest BCUT2D eigenvalue weighted by atomic mass is 9.97. The van der Waals surface area contributed by atoms with Gasteiger partial charge in [0.05, 0.1) is 0 Å². The first kappa shape index (κ1) is 20.0. The minimum absolute atomic E-state index is 0. The number of carbonyl (C=O) groups is 1. The van der Waals surface area contributed by atoms with Crippen molar-refractivity contribution in [1.82, 2.24) is 15.1 Å². The van der Waals surface area contributed by atoms with E-state index in [1.54, 1.807) is 0 Å². The van der Waals surface area contributed by atoms with Crippen LogP contribution in [0, 0.1) is 0 Å². The van der Waals surface area contributed by atoms with Crippen molar-refractivity contribution in [1.29, 1.82) is 0 Å². The van der Waals surface area contributed by atoms with E-state index in [2.05, 4.69) is 24.2 Å². The van der Waals surface area contributed by atoms with Crippen molar-refractivity contribution < 1.29 is 4.79 Å². The summed E-state index contributed by atoms with van der Waals surface area (Å²) in [6.07, 6.45) is 5.27. The first-order valence-electron chi connectivity index (χ1n) is 7.27. The highest BCUT2D eigenvalue weighted by Gasteiger charge is 2.29. The summed E-state index contributed by atoms with van der Waals surface area (Å²) in [5, 5.41) is 3.41. The molecule has 1 N–H and O–H groups in total. The fraction of sp³-hybridized carbons (Fsp3) is 0.929. The van der Waals surface area contributed by atoms with Gasteiger partial charge >= 0.3 is 0 Å². The van der Waals surface area contributed by atoms with Crippen molar-refractivity contribution in [3.05, 3.63) is 0 Å². The van der Waals surface area contributed by atoms with Crippen LogP contribution in [0.4, 0.5) is 0 Å². The van der Waals surface area contributed by atoms with Gasteiger partial charge in [0.1, 0.15) is 0 Å². The van der Waals surface area contributed by atoms with Crippen molar-refractivity contribution >= 4 is 30.7 Å². The van der Waals surface area contributed by atoms with Gasteiger partial charge in [0.25, 0.3) is 0 Å². The molecule has 120 valence electrons. The van der Waals surface area contributed by atoms with E-state index in [9.17, 15) is 4.79 Å². The molecule has 2 aliphatic rings. The molecule has 2 rings (SSSR count). The SMILES string of the molecule is CC1CC(N(C)C(=O)CC2CCCN2)CCN1C.Cl.Cl. The quantitative estimate of drug-likeness (QED) is 0.861. The first-order chi connectivity index (χ1) is 8.58. The molecule has 2 fully saturated rings. The molecule has 2 aliphatic heterocycles. The Kier molecular flexibility index (Phi) is 9.07. The third kappa shape index (κ3) is 5.06. The van der Waals surface area contributed by atoms with Gasteiger partial charge in [-0.3, -0.25) is 4.79 Å². The molecule has 0 saturated carbocycles. The standard InChI is InChI=1S/C14H27N3O.2ClH/c1-11-9-13(6-8-16(11)2)17(3)14(18)10-12-5-4-7-15-12;;/h11-13,15H,4-10H2,1-3H3;2*1H. The van der Waals surface area contributed by atoms with Gasteiger partial charge in [-0.2, -0.15) is 0 Å². The average Bonchev–Trinajstić information content (AvgIpc) is 2.84. The molecule has 2 heterocycles. The van der Waals surface area contributed by atoms with E-state index in [4.69, 9.17) is 0 Å². The minimum Gasteiger partial charge on any atom is -0.343 e. The molecule has 0 aromatic rings. The van der Waals surface area contributed by atoms with E-state index >= 15 is 0 Å². The summed E-state index contributed by atoms with van der Waals surface area (Å²) in [5.41, 5.74) is 0. The molecule has 1 amide bonds. The number of nitrogens with zero attached hydrogens (tertiary/aromatic N) is 2. The third-order valence-corrected chi connectivity index (χ3v) is 4.71. The number of halogens is 2. The molecule has 0 bridgehead atoms. The summed E-state index contributed by atoms with van der Waals surface area (Å²) in [7, 11) is 4.16. The Morgan fingerprint density at radius 3 is 2.60 bits per heavy atom. The summed E-state index contributed by atoms with van der Waals surface area (Å²) in [5.74, 6) is 0.316. The Bertz CT molecular complexity index is 298. The van der Waals surface area contributed by atoms with Crippen LogP contribution in [0.25, 0.3) is 0 Å². The fourth-order valence-corrected chi connectivity index (χ4v) is 3.11. The van der Waals surface area contributed by atoms with Crippen molar-refractivity contribution in [3.63, 3.8) is 0 Å². The maximum absolute atomic E-state index is 12.3. The second kappa shape index (κ2) is 9.08. The van der Waals surface area contributed by atoms with Gasteiger partial charge in [-0.25, -0.2) is 0 Å². The highest BCUT2D eigenvalue weighted by atomic mass is 35.5. The smallest absolute Gasteiger partial charge is 0.224 e. The van der Waals surface area contributed by atoms with E-state index < -0.39 is 0 Å². The Labute approximate surface area is 135 Å². The highest BCUT2D eigenvalue weighted by molar-refractivity contribution is 5.85. The van der Waals surface area contributed by atoms with Crippen molar-refractivity contribution in [3.8, 4) is 0 Å². The zero-order valence-corrected chi connectivity index (χ0v) is 14.4. The van der Waals surface area contributed by atoms with Crippen LogP contribution in [0.1, 0.15) is 39.0 Å². The molecule has 3 unspecified atom stereocenters. The van der Waals surface area contributed by atoms with E-state index in [-0.39, 0.29) is 24.8 Å². The zero-order chi connectivity index (χ0) is 13.1. The number of nitrogens with one attached hydrogen (secondary N) is 1. The summed E-state index contributed by atoms with van der Waals surface area (Å²) < 4.78 is 0. The van der Waals surface area contributed by atoms with Crippen LogP contribution in [0.5, 0.6) is 0 Å². The van der Waals surface area contributed by atoms with Gasteiger partial charge in [0.15, 0.2) is 0 Å². The van der Waals surface area contributed by atoms with Gasteiger partial charge in [-0.05, 0) is 46.2 Å². The van der Waals surface area contributed by atoms with Crippen LogP contribution in [0.2, 0.25) is 0 Å². The number of likely N-dealkylation sites (tertiary alicyclic amines) is 1. The van der Waals surface area contributed by atoms with Crippen LogP contribution < -0.4 is 5.32 Å². The molecule has 0 radical (unpaired) electrons. The molecule has 0 aromatic heterocycles. The fourth-order valence-electron chi connectivity index (χ4n) is 3.11. The predicted octanol–water partition coefficient (Wildman–Crippen LogP) is 1.91. The molecule has 2 saturated heterocycles. The molecule has 6 heteroatoms. The number of piperidine rings is 1. The normalized spacial score (nSPS) is 30.2. The molecule has 3 atom stereocenters. The van der Waals surface area contributed by atoms with E-state index in [0.29, 0.717) is 30.5 Å². The first-order valence-corrected chi connectivity index (χ1v) is 7.27. The van der Waals surface area contributed by atoms with Crippen LogP contribution in [0.3, 0.4) is 0 Å². The lowest BCUT2D eigenvalue weighted by Gasteiger charge is -2.39. The van der Waals surface area contributed by atoms with Gasteiger partial charge < -0.3 is 15.1 Å². The van der Waals surface area contributed by atoms with Crippen molar-refractivity contribution in [2.24, 2.45) is 0 Å². The van der Waals surface area contributed by atoms with E-state index in [1.165, 1.54) is 6.42 Å². The van der Waals surface area contributed by atoms with Crippen LogP contribution >= 0.6 is 24.8 Å². The number of amides is 1. The number of rotatable bonds is 3. The van der Waals surface area contributed by atoms with Gasteiger partial charge in [0.2, 0.25) is 5.91 Å². The maximum atomic E-state index is 12.3. The Balaban J connectivity index is 0.00000180. The molecule has 0 aliphatic carbocycles.